The molecule has 1 N–H and O–H groups in total. The molecule has 4 aromatic carbocycles. The van der Waals surface area contributed by atoms with E-state index in [1.807, 2.05) is 24.3 Å². The Morgan fingerprint density at radius 3 is 1.48 bits per heavy atom. The van der Waals surface area contributed by atoms with Crippen molar-refractivity contribution in [1.29, 1.82) is 0 Å². The molecule has 3 radical (unpaired) electrons. The second-order valence-electron chi connectivity index (χ2n) is 7.78. The van der Waals surface area contributed by atoms with Crippen LogP contribution in [0.3, 0.4) is 0 Å². The highest BCUT2D eigenvalue weighted by molar-refractivity contribution is 6.32. The number of hydrogen-bond acceptors (Lipinski definition) is 2. The molecule has 0 unspecified atom stereocenters. The summed E-state index contributed by atoms with van der Waals surface area (Å²) in [6.07, 6.45) is 8.51. The number of ether oxygens (including phenoxy) is 1. The zero-order chi connectivity index (χ0) is 22.9. The van der Waals surface area contributed by atoms with Gasteiger partial charge in [-0.15, -0.1) is 0 Å². The van der Waals surface area contributed by atoms with Crippen molar-refractivity contribution in [2.24, 2.45) is 0 Å². The van der Waals surface area contributed by atoms with Crippen LogP contribution in [0.4, 0.5) is 5.69 Å². The minimum absolute atomic E-state index is 0.806. The van der Waals surface area contributed by atoms with E-state index in [2.05, 4.69) is 113 Å². The molecule has 0 spiro atoms. The van der Waals surface area contributed by atoms with E-state index in [1.165, 1.54) is 22.3 Å². The van der Waals surface area contributed by atoms with Crippen LogP contribution in [0.2, 0.25) is 0 Å². The number of methoxy groups -OCH3 is 1. The molecule has 4 rings (SSSR count). The summed E-state index contributed by atoms with van der Waals surface area (Å²) < 4.78 is 5.20. The molecular formula is C30H26NOSi. The molecule has 0 amide bonds. The molecule has 0 aromatic heterocycles. The highest BCUT2D eigenvalue weighted by Gasteiger charge is 1.96. The van der Waals surface area contributed by atoms with Gasteiger partial charge in [-0.05, 0) is 52.1 Å². The van der Waals surface area contributed by atoms with E-state index in [1.54, 1.807) is 7.11 Å². The Balaban J connectivity index is 1.30. The highest BCUT2D eigenvalue weighted by atomic mass is 28.1. The zero-order valence-electron chi connectivity index (χ0n) is 18.7. The largest absolute Gasteiger partial charge is 0.497 e. The maximum Gasteiger partial charge on any atom is 0.118 e. The molecule has 0 heterocycles. The molecule has 2 nitrogen and oxygen atoms in total. The summed E-state index contributed by atoms with van der Waals surface area (Å²) in [6.45, 7) is 0.806. The lowest BCUT2D eigenvalue weighted by Crippen LogP contribution is -2.04. The second-order valence-corrected chi connectivity index (χ2v) is 8.36. The first-order valence-electron chi connectivity index (χ1n) is 10.9. The standard InChI is InChI=1S/C30H26NOSi/c1-32-29-18-12-26(13-19-29)9-7-24-4-2-23(3-5-24)6-8-25-10-16-28(17-11-25)31-22-27-14-20-30(33)21-15-27/h2-21,31H,22H2,1H3/b8-6+,9-7+. The second kappa shape index (κ2) is 11.2. The molecule has 0 aliphatic carbocycles. The zero-order valence-corrected chi connectivity index (χ0v) is 19.7. The van der Waals surface area contributed by atoms with Crippen LogP contribution in [0.5, 0.6) is 5.75 Å². The van der Waals surface area contributed by atoms with Crippen LogP contribution in [0, 0.1) is 0 Å². The van der Waals surface area contributed by atoms with Crippen molar-refractivity contribution in [3.63, 3.8) is 0 Å². The average Bonchev–Trinajstić information content (AvgIpc) is 2.87. The first kappa shape index (κ1) is 22.4. The number of benzene rings is 4. The maximum absolute atomic E-state index is 5.20. The van der Waals surface area contributed by atoms with E-state index >= 15 is 0 Å². The fraction of sp³-hybridized carbons (Fsp3) is 0.0667. The molecule has 4 aromatic rings. The number of hydrogen-bond donors (Lipinski definition) is 1. The van der Waals surface area contributed by atoms with Gasteiger partial charge >= 0.3 is 0 Å². The van der Waals surface area contributed by atoms with Gasteiger partial charge in [-0.3, -0.25) is 0 Å². The average molecular weight is 445 g/mol. The van der Waals surface area contributed by atoms with Gasteiger partial charge in [-0.1, -0.05) is 102 Å². The first-order chi connectivity index (χ1) is 16.2. The number of rotatable bonds is 8. The lowest BCUT2D eigenvalue weighted by Gasteiger charge is -2.07. The van der Waals surface area contributed by atoms with E-state index in [9.17, 15) is 0 Å². The van der Waals surface area contributed by atoms with Crippen LogP contribution in [0.15, 0.2) is 97.1 Å². The molecular weight excluding hydrogens is 418 g/mol. The van der Waals surface area contributed by atoms with Gasteiger partial charge in [0.25, 0.3) is 0 Å². The SMILES string of the molecule is COc1ccc(/C=C/c2ccc(/C=C/c3ccc(NCc4ccc([Si])cc4)cc3)cc2)cc1. The molecule has 3 heteroatoms. The summed E-state index contributed by atoms with van der Waals surface area (Å²) in [4.78, 5) is 0. The fourth-order valence-corrected chi connectivity index (χ4v) is 3.52. The van der Waals surface area contributed by atoms with Gasteiger partial charge in [0.05, 0.1) is 17.4 Å². The smallest absolute Gasteiger partial charge is 0.118 e. The minimum Gasteiger partial charge on any atom is -0.497 e. The molecule has 33 heavy (non-hydrogen) atoms. The van der Waals surface area contributed by atoms with E-state index < -0.39 is 0 Å². The van der Waals surface area contributed by atoms with Gasteiger partial charge in [-0.2, -0.15) is 0 Å². The van der Waals surface area contributed by atoms with Crippen molar-refractivity contribution >= 4 is 45.4 Å². The van der Waals surface area contributed by atoms with Crippen molar-refractivity contribution in [2.45, 2.75) is 6.54 Å². The molecule has 161 valence electrons. The van der Waals surface area contributed by atoms with Crippen LogP contribution in [-0.2, 0) is 6.54 Å². The van der Waals surface area contributed by atoms with Crippen LogP contribution in [-0.4, -0.2) is 17.4 Å². The van der Waals surface area contributed by atoms with Crippen molar-refractivity contribution in [3.05, 3.63) is 125 Å². The third-order valence-corrected chi connectivity index (χ3v) is 5.68. The summed E-state index contributed by atoms with van der Waals surface area (Å²) in [5.74, 6) is 0.870. The Bertz CT molecular complexity index is 1210. The Morgan fingerprint density at radius 1 is 0.606 bits per heavy atom. The lowest BCUT2D eigenvalue weighted by molar-refractivity contribution is 0.415. The fourth-order valence-electron chi connectivity index (χ4n) is 3.36. The van der Waals surface area contributed by atoms with Gasteiger partial charge in [-0.25, -0.2) is 0 Å². The molecule has 0 aliphatic heterocycles. The van der Waals surface area contributed by atoms with Crippen LogP contribution in [0.25, 0.3) is 24.3 Å². The predicted molar refractivity (Wildman–Crippen MR) is 143 cm³/mol. The van der Waals surface area contributed by atoms with Crippen LogP contribution >= 0.6 is 0 Å². The molecule has 0 aliphatic rings. The Hall–Kier alpha value is -3.82. The summed E-state index contributed by atoms with van der Waals surface area (Å²) in [5, 5.41) is 4.56. The normalized spacial score (nSPS) is 11.2. The van der Waals surface area contributed by atoms with Gasteiger partial charge in [0, 0.05) is 12.2 Å². The van der Waals surface area contributed by atoms with E-state index in [0.717, 1.165) is 28.7 Å². The molecule has 0 atom stereocenters. The summed E-state index contributed by atoms with van der Waals surface area (Å²) in [5.41, 5.74) is 7.03. The highest BCUT2D eigenvalue weighted by Crippen LogP contribution is 2.16. The number of nitrogens with one attached hydrogen (secondary N) is 1. The summed E-state index contributed by atoms with van der Waals surface area (Å²) >= 11 is 0. The topological polar surface area (TPSA) is 21.3 Å². The van der Waals surface area contributed by atoms with Gasteiger partial charge in [0.15, 0.2) is 0 Å². The lowest BCUT2D eigenvalue weighted by atomic mass is 10.1. The molecule has 0 saturated heterocycles. The maximum atomic E-state index is 5.20. The van der Waals surface area contributed by atoms with Crippen molar-refractivity contribution in [1.82, 2.24) is 0 Å². The summed E-state index contributed by atoms with van der Waals surface area (Å²) in [6, 6.07) is 33.4. The Labute approximate surface area is 199 Å². The van der Waals surface area contributed by atoms with Crippen LogP contribution in [0.1, 0.15) is 27.8 Å². The van der Waals surface area contributed by atoms with Gasteiger partial charge < -0.3 is 10.1 Å². The molecule has 0 bridgehead atoms. The van der Waals surface area contributed by atoms with Gasteiger partial charge in [0.2, 0.25) is 0 Å². The molecule has 0 fully saturated rings. The predicted octanol–water partition coefficient (Wildman–Crippen LogP) is 6.44. The van der Waals surface area contributed by atoms with Gasteiger partial charge in [0.1, 0.15) is 5.75 Å². The van der Waals surface area contributed by atoms with E-state index in [4.69, 9.17) is 4.74 Å². The van der Waals surface area contributed by atoms with E-state index in [-0.39, 0.29) is 0 Å². The van der Waals surface area contributed by atoms with Crippen LogP contribution < -0.4 is 15.2 Å². The Kier molecular flexibility index (Phi) is 7.57. The Morgan fingerprint density at radius 2 is 1.03 bits per heavy atom. The van der Waals surface area contributed by atoms with Crippen molar-refractivity contribution in [2.75, 3.05) is 12.4 Å². The third-order valence-electron chi connectivity index (χ3n) is 5.35. The van der Waals surface area contributed by atoms with E-state index in [0.29, 0.717) is 0 Å². The van der Waals surface area contributed by atoms with Crippen molar-refractivity contribution in [3.8, 4) is 5.75 Å². The monoisotopic (exact) mass is 444 g/mol. The molecule has 0 saturated carbocycles. The first-order valence-corrected chi connectivity index (χ1v) is 11.4. The number of anilines is 1. The third kappa shape index (κ3) is 6.83. The quantitative estimate of drug-likeness (QED) is 0.249. The minimum atomic E-state index is 0.806. The summed E-state index contributed by atoms with van der Waals surface area (Å²) in [7, 11) is 5.20. The van der Waals surface area contributed by atoms with Crippen molar-refractivity contribution < 1.29 is 4.74 Å².